The van der Waals surface area contributed by atoms with Gasteiger partial charge in [-0.05, 0) is 51.0 Å². The van der Waals surface area contributed by atoms with Crippen molar-refractivity contribution in [2.45, 2.75) is 38.6 Å². The molecule has 4 heteroatoms. The molecule has 0 aliphatic carbocycles. The highest BCUT2D eigenvalue weighted by Crippen LogP contribution is 2.21. The topological polar surface area (TPSA) is 46.2 Å². The first-order valence-electron chi connectivity index (χ1n) is 6.96. The van der Waals surface area contributed by atoms with Gasteiger partial charge in [0.2, 0.25) is 10.0 Å². The Hall–Kier alpha value is -1.65. The highest BCUT2D eigenvalue weighted by Gasteiger charge is 2.19. The predicted octanol–water partition coefficient (Wildman–Crippen LogP) is 3.65. The Morgan fingerprint density at radius 2 is 1.48 bits per heavy atom. The fraction of sp³-hybridized carbons (Fsp3) is 0.294. The first-order chi connectivity index (χ1) is 9.79. The zero-order valence-electron chi connectivity index (χ0n) is 12.8. The van der Waals surface area contributed by atoms with Crippen LogP contribution in [0, 0.1) is 20.8 Å². The van der Waals surface area contributed by atoms with Crippen molar-refractivity contribution in [3.05, 3.63) is 64.7 Å². The maximum absolute atomic E-state index is 12.4. The summed E-state index contributed by atoms with van der Waals surface area (Å²) in [6.45, 7) is 7.82. The average Bonchev–Trinajstić information content (AvgIpc) is 2.38. The van der Waals surface area contributed by atoms with E-state index in [4.69, 9.17) is 0 Å². The second-order valence-electron chi connectivity index (χ2n) is 5.52. The molecule has 0 aliphatic rings. The summed E-state index contributed by atoms with van der Waals surface area (Å²) >= 11 is 0. The van der Waals surface area contributed by atoms with Gasteiger partial charge in [-0.2, -0.15) is 0 Å². The van der Waals surface area contributed by atoms with Gasteiger partial charge in [-0.3, -0.25) is 0 Å². The van der Waals surface area contributed by atoms with E-state index in [1.54, 1.807) is 24.3 Å². The van der Waals surface area contributed by atoms with Crippen molar-refractivity contribution in [1.29, 1.82) is 0 Å². The van der Waals surface area contributed by atoms with Crippen molar-refractivity contribution in [1.82, 2.24) is 4.72 Å². The number of nitrogens with one attached hydrogen (secondary N) is 1. The zero-order valence-corrected chi connectivity index (χ0v) is 13.7. The number of rotatable bonds is 4. The number of aryl methyl sites for hydroxylation is 3. The highest BCUT2D eigenvalue weighted by atomic mass is 32.2. The van der Waals surface area contributed by atoms with E-state index in [1.807, 2.05) is 39.8 Å². The molecule has 0 heterocycles. The van der Waals surface area contributed by atoms with Gasteiger partial charge in [0, 0.05) is 6.04 Å². The van der Waals surface area contributed by atoms with E-state index >= 15 is 0 Å². The second kappa shape index (κ2) is 6.00. The van der Waals surface area contributed by atoms with Gasteiger partial charge < -0.3 is 0 Å². The molecule has 0 saturated carbocycles. The van der Waals surface area contributed by atoms with Crippen molar-refractivity contribution in [3.8, 4) is 0 Å². The molecule has 0 aliphatic heterocycles. The van der Waals surface area contributed by atoms with Gasteiger partial charge in [0.05, 0.1) is 4.90 Å². The molecule has 3 nitrogen and oxygen atoms in total. The van der Waals surface area contributed by atoms with Crippen LogP contribution in [0.4, 0.5) is 0 Å². The Kier molecular flexibility index (Phi) is 4.49. The fourth-order valence-corrected chi connectivity index (χ4v) is 3.62. The summed E-state index contributed by atoms with van der Waals surface area (Å²) in [6, 6.07) is 12.6. The average molecular weight is 303 g/mol. The minimum atomic E-state index is -3.50. The second-order valence-corrected chi connectivity index (χ2v) is 7.23. The van der Waals surface area contributed by atoms with Gasteiger partial charge in [0.1, 0.15) is 0 Å². The zero-order chi connectivity index (χ0) is 15.6. The minimum Gasteiger partial charge on any atom is -0.207 e. The summed E-state index contributed by atoms with van der Waals surface area (Å²) < 4.78 is 27.5. The van der Waals surface area contributed by atoms with Crippen LogP contribution in [-0.4, -0.2) is 8.42 Å². The van der Waals surface area contributed by atoms with Crippen LogP contribution in [0.3, 0.4) is 0 Å². The van der Waals surface area contributed by atoms with Crippen LogP contribution in [0.2, 0.25) is 0 Å². The number of hydrogen-bond acceptors (Lipinski definition) is 2. The third-order valence-electron chi connectivity index (χ3n) is 3.56. The molecule has 112 valence electrons. The smallest absolute Gasteiger partial charge is 0.207 e. The molecule has 21 heavy (non-hydrogen) atoms. The van der Waals surface area contributed by atoms with Gasteiger partial charge in [0.25, 0.3) is 0 Å². The predicted molar refractivity (Wildman–Crippen MR) is 85.8 cm³/mol. The normalized spacial score (nSPS) is 13.1. The molecule has 2 rings (SSSR count). The van der Waals surface area contributed by atoms with E-state index in [-0.39, 0.29) is 6.04 Å². The Labute approximate surface area is 127 Å². The van der Waals surface area contributed by atoms with E-state index in [2.05, 4.69) is 10.8 Å². The van der Waals surface area contributed by atoms with Crippen molar-refractivity contribution >= 4 is 10.0 Å². The first-order valence-corrected chi connectivity index (χ1v) is 8.44. The van der Waals surface area contributed by atoms with Crippen molar-refractivity contribution in [2.75, 3.05) is 0 Å². The SMILES string of the molecule is Cc1ccc(S(=O)(=O)N[C@@H](C)c2ccc(C)cc2C)cc1. The first kappa shape index (κ1) is 15.7. The van der Waals surface area contributed by atoms with Gasteiger partial charge in [-0.15, -0.1) is 0 Å². The van der Waals surface area contributed by atoms with Crippen LogP contribution in [0.5, 0.6) is 0 Å². The molecular formula is C17H21NO2S. The molecule has 1 atom stereocenters. The van der Waals surface area contributed by atoms with Crippen LogP contribution < -0.4 is 4.72 Å². The van der Waals surface area contributed by atoms with Crippen molar-refractivity contribution < 1.29 is 8.42 Å². The molecule has 2 aromatic rings. The Morgan fingerprint density at radius 1 is 0.905 bits per heavy atom. The summed E-state index contributed by atoms with van der Waals surface area (Å²) in [5, 5.41) is 0. The number of sulfonamides is 1. The molecule has 1 N–H and O–H groups in total. The van der Waals surface area contributed by atoms with E-state index < -0.39 is 10.0 Å². The quantitative estimate of drug-likeness (QED) is 0.937. The molecule has 2 aromatic carbocycles. The Bertz CT molecular complexity index is 734. The largest absolute Gasteiger partial charge is 0.241 e. The fourth-order valence-electron chi connectivity index (χ4n) is 2.39. The van der Waals surface area contributed by atoms with Gasteiger partial charge >= 0.3 is 0 Å². The third-order valence-corrected chi connectivity index (χ3v) is 5.11. The number of hydrogen-bond donors (Lipinski definition) is 1. The summed E-state index contributed by atoms with van der Waals surface area (Å²) in [6.07, 6.45) is 0. The molecule has 0 radical (unpaired) electrons. The van der Waals surface area contributed by atoms with E-state index in [0.717, 1.165) is 16.7 Å². The molecule has 0 amide bonds. The third kappa shape index (κ3) is 3.71. The summed E-state index contributed by atoms with van der Waals surface area (Å²) in [5.74, 6) is 0. The lowest BCUT2D eigenvalue weighted by molar-refractivity contribution is 0.566. The monoisotopic (exact) mass is 303 g/mol. The van der Waals surface area contributed by atoms with Crippen LogP contribution in [0.15, 0.2) is 47.4 Å². The lowest BCUT2D eigenvalue weighted by Gasteiger charge is -2.17. The van der Waals surface area contributed by atoms with Crippen LogP contribution in [0.1, 0.15) is 35.2 Å². The summed E-state index contributed by atoms with van der Waals surface area (Å²) in [4.78, 5) is 0.296. The maximum Gasteiger partial charge on any atom is 0.241 e. The highest BCUT2D eigenvalue weighted by molar-refractivity contribution is 7.89. The minimum absolute atomic E-state index is 0.267. The molecule has 0 fully saturated rings. The number of benzene rings is 2. The lowest BCUT2D eigenvalue weighted by Crippen LogP contribution is -2.27. The maximum atomic E-state index is 12.4. The lowest BCUT2D eigenvalue weighted by atomic mass is 10.0. The molecule has 0 aromatic heterocycles. The Balaban J connectivity index is 2.25. The van der Waals surface area contributed by atoms with Crippen LogP contribution in [0.25, 0.3) is 0 Å². The molecule has 0 unspecified atom stereocenters. The van der Waals surface area contributed by atoms with Gasteiger partial charge in [-0.1, -0.05) is 41.5 Å². The van der Waals surface area contributed by atoms with E-state index in [9.17, 15) is 8.42 Å². The Morgan fingerprint density at radius 3 is 2.05 bits per heavy atom. The van der Waals surface area contributed by atoms with E-state index in [1.165, 1.54) is 5.56 Å². The van der Waals surface area contributed by atoms with E-state index in [0.29, 0.717) is 4.90 Å². The van der Waals surface area contributed by atoms with Crippen LogP contribution in [-0.2, 0) is 10.0 Å². The van der Waals surface area contributed by atoms with Crippen molar-refractivity contribution in [2.24, 2.45) is 0 Å². The molecule has 0 spiro atoms. The van der Waals surface area contributed by atoms with Crippen molar-refractivity contribution in [3.63, 3.8) is 0 Å². The van der Waals surface area contributed by atoms with Gasteiger partial charge in [0.15, 0.2) is 0 Å². The van der Waals surface area contributed by atoms with Crippen LogP contribution >= 0.6 is 0 Å². The van der Waals surface area contributed by atoms with Gasteiger partial charge in [-0.25, -0.2) is 13.1 Å². The molecule has 0 bridgehead atoms. The molecular weight excluding hydrogens is 282 g/mol. The standard InChI is InChI=1S/C17H21NO2S/c1-12-5-8-16(9-6-12)21(19,20)18-15(4)17-10-7-13(2)11-14(17)3/h5-11,15,18H,1-4H3/t15-/m0/s1. The molecule has 0 saturated heterocycles. The summed E-state index contributed by atoms with van der Waals surface area (Å²) in [5.41, 5.74) is 4.30. The summed E-state index contributed by atoms with van der Waals surface area (Å²) in [7, 11) is -3.50.